The second-order valence-electron chi connectivity index (χ2n) is 4.05. The molecule has 0 saturated heterocycles. The summed E-state index contributed by atoms with van der Waals surface area (Å²) in [5, 5.41) is 4.05. The van der Waals surface area contributed by atoms with Gasteiger partial charge in [-0.25, -0.2) is 0 Å². The van der Waals surface area contributed by atoms with Crippen LogP contribution < -0.4 is 15.9 Å². The lowest BCUT2D eigenvalue weighted by atomic mass is 10.1. The van der Waals surface area contributed by atoms with Crippen molar-refractivity contribution in [3.63, 3.8) is 0 Å². The van der Waals surface area contributed by atoms with Gasteiger partial charge in [-0.1, -0.05) is 30.3 Å². The van der Waals surface area contributed by atoms with Crippen LogP contribution in [0.4, 0.5) is 0 Å². The van der Waals surface area contributed by atoms with Gasteiger partial charge < -0.3 is 10.5 Å². The van der Waals surface area contributed by atoms with Crippen molar-refractivity contribution in [1.82, 2.24) is 5.43 Å². The maximum Gasteiger partial charge on any atom is 0.184 e. The zero-order valence-electron chi connectivity index (χ0n) is 10.8. The molecule has 0 fully saturated rings. The molecule has 0 amide bonds. The van der Waals surface area contributed by atoms with Gasteiger partial charge in [0, 0.05) is 12.6 Å². The van der Waals surface area contributed by atoms with E-state index >= 15 is 0 Å². The highest BCUT2D eigenvalue weighted by atomic mass is 32.1. The third-order valence-electron chi connectivity index (χ3n) is 2.47. The highest BCUT2D eigenvalue weighted by molar-refractivity contribution is 7.80. The van der Waals surface area contributed by atoms with Crippen LogP contribution in [0, 0.1) is 0 Å². The van der Waals surface area contributed by atoms with Crippen molar-refractivity contribution in [3.8, 4) is 11.5 Å². The Morgan fingerprint density at radius 2 is 1.90 bits per heavy atom. The molecule has 0 saturated carbocycles. The fourth-order valence-electron chi connectivity index (χ4n) is 1.62. The van der Waals surface area contributed by atoms with E-state index in [1.54, 1.807) is 6.21 Å². The van der Waals surface area contributed by atoms with Crippen molar-refractivity contribution in [3.05, 3.63) is 60.2 Å². The second kappa shape index (κ2) is 7.25. The molecule has 0 spiro atoms. The van der Waals surface area contributed by atoms with Crippen LogP contribution in [0.25, 0.3) is 0 Å². The van der Waals surface area contributed by atoms with Crippen LogP contribution in [-0.2, 0) is 6.42 Å². The number of rotatable bonds is 5. The molecule has 0 radical (unpaired) electrons. The molecule has 0 aliphatic carbocycles. The maximum absolute atomic E-state index is 5.76. The van der Waals surface area contributed by atoms with Crippen LogP contribution in [0.2, 0.25) is 0 Å². The molecule has 2 rings (SSSR count). The number of hydrogen-bond acceptors (Lipinski definition) is 3. The van der Waals surface area contributed by atoms with Gasteiger partial charge >= 0.3 is 0 Å². The molecule has 2 aromatic carbocycles. The van der Waals surface area contributed by atoms with Crippen molar-refractivity contribution >= 4 is 23.5 Å². The average molecular weight is 285 g/mol. The first kappa shape index (κ1) is 14.0. The molecular weight excluding hydrogens is 270 g/mol. The van der Waals surface area contributed by atoms with Crippen molar-refractivity contribution < 1.29 is 4.74 Å². The smallest absolute Gasteiger partial charge is 0.184 e. The number of para-hydroxylation sites is 1. The molecule has 3 N–H and O–H groups in total. The number of hydrazone groups is 1. The molecule has 2 aromatic rings. The van der Waals surface area contributed by atoms with Crippen molar-refractivity contribution in [2.45, 2.75) is 6.42 Å². The zero-order valence-corrected chi connectivity index (χ0v) is 11.6. The van der Waals surface area contributed by atoms with Gasteiger partial charge in [-0.3, -0.25) is 5.43 Å². The number of nitrogens with one attached hydrogen (secondary N) is 1. The topological polar surface area (TPSA) is 59.6 Å². The van der Waals surface area contributed by atoms with E-state index in [0.29, 0.717) is 6.42 Å². The van der Waals surface area contributed by atoms with Gasteiger partial charge in [-0.05, 0) is 42.0 Å². The molecule has 0 unspecified atom stereocenters. The summed E-state index contributed by atoms with van der Waals surface area (Å²) < 4.78 is 5.76. The molecule has 20 heavy (non-hydrogen) atoms. The summed E-state index contributed by atoms with van der Waals surface area (Å²) in [7, 11) is 0. The van der Waals surface area contributed by atoms with E-state index in [2.05, 4.69) is 22.7 Å². The van der Waals surface area contributed by atoms with Gasteiger partial charge in [0.05, 0.1) is 0 Å². The van der Waals surface area contributed by atoms with Gasteiger partial charge in [0.25, 0.3) is 0 Å². The van der Waals surface area contributed by atoms with Crippen molar-refractivity contribution in [1.29, 1.82) is 0 Å². The van der Waals surface area contributed by atoms with E-state index in [1.165, 1.54) is 0 Å². The lowest BCUT2D eigenvalue weighted by molar-refractivity contribution is 0.482. The average Bonchev–Trinajstić information content (AvgIpc) is 2.45. The van der Waals surface area contributed by atoms with Crippen LogP contribution >= 0.6 is 12.2 Å². The standard InChI is InChI=1S/C15H15N3OS/c16-15(20)18-17-10-9-12-5-4-8-14(11-12)19-13-6-2-1-3-7-13/h1-8,10-11H,9H2,(H3,16,18,20). The van der Waals surface area contributed by atoms with E-state index in [0.717, 1.165) is 17.1 Å². The van der Waals surface area contributed by atoms with E-state index in [9.17, 15) is 0 Å². The Kier molecular flexibility index (Phi) is 5.08. The summed E-state index contributed by atoms with van der Waals surface area (Å²) in [5.41, 5.74) is 8.88. The fraction of sp³-hybridized carbons (Fsp3) is 0.0667. The normalized spacial score (nSPS) is 10.4. The fourth-order valence-corrected chi connectivity index (χ4v) is 1.67. The lowest BCUT2D eigenvalue weighted by Gasteiger charge is -2.06. The van der Waals surface area contributed by atoms with Crippen LogP contribution in [0.15, 0.2) is 59.7 Å². The molecule has 0 aromatic heterocycles. The summed E-state index contributed by atoms with van der Waals surface area (Å²) >= 11 is 4.65. The Balaban J connectivity index is 1.97. The molecule has 0 bridgehead atoms. The van der Waals surface area contributed by atoms with Crippen LogP contribution in [0.1, 0.15) is 5.56 Å². The number of hydrogen-bond donors (Lipinski definition) is 2. The third kappa shape index (κ3) is 4.70. The number of nitrogens with two attached hydrogens (primary N) is 1. The molecular formula is C15H15N3OS. The number of benzene rings is 2. The van der Waals surface area contributed by atoms with Gasteiger partial charge in [0.2, 0.25) is 0 Å². The molecule has 0 heterocycles. The van der Waals surface area contributed by atoms with E-state index in [-0.39, 0.29) is 5.11 Å². The summed E-state index contributed by atoms with van der Waals surface area (Å²) in [6, 6.07) is 17.5. The van der Waals surface area contributed by atoms with Crippen LogP contribution in [0.5, 0.6) is 11.5 Å². The van der Waals surface area contributed by atoms with Gasteiger partial charge in [-0.2, -0.15) is 5.10 Å². The Labute approximate surface area is 123 Å². The van der Waals surface area contributed by atoms with Crippen molar-refractivity contribution in [2.24, 2.45) is 10.8 Å². The summed E-state index contributed by atoms with van der Waals surface area (Å²) in [4.78, 5) is 0. The summed E-state index contributed by atoms with van der Waals surface area (Å²) in [6.07, 6.45) is 2.38. The predicted molar refractivity (Wildman–Crippen MR) is 85.1 cm³/mol. The predicted octanol–water partition coefficient (Wildman–Crippen LogP) is 2.84. The monoisotopic (exact) mass is 285 g/mol. The van der Waals surface area contributed by atoms with Gasteiger partial charge in [0.1, 0.15) is 11.5 Å². The van der Waals surface area contributed by atoms with Gasteiger partial charge in [0.15, 0.2) is 5.11 Å². The SMILES string of the molecule is NC(=S)NN=CCc1cccc(Oc2ccccc2)c1. The second-order valence-corrected chi connectivity index (χ2v) is 4.49. The first-order valence-electron chi connectivity index (χ1n) is 6.13. The number of nitrogens with zero attached hydrogens (tertiary/aromatic N) is 1. The summed E-state index contributed by atoms with van der Waals surface area (Å²) in [6.45, 7) is 0. The first-order valence-corrected chi connectivity index (χ1v) is 6.53. The van der Waals surface area contributed by atoms with Gasteiger partial charge in [-0.15, -0.1) is 0 Å². The highest BCUT2D eigenvalue weighted by Gasteiger charge is 1.98. The van der Waals surface area contributed by atoms with E-state index < -0.39 is 0 Å². The minimum atomic E-state index is 0.155. The number of thiocarbonyl (C=S) groups is 1. The molecule has 0 aliphatic rings. The molecule has 4 nitrogen and oxygen atoms in total. The van der Waals surface area contributed by atoms with E-state index in [1.807, 2.05) is 54.6 Å². The highest BCUT2D eigenvalue weighted by Crippen LogP contribution is 2.21. The largest absolute Gasteiger partial charge is 0.457 e. The quantitative estimate of drug-likeness (QED) is 0.504. The summed E-state index contributed by atoms with van der Waals surface area (Å²) in [5.74, 6) is 1.61. The lowest BCUT2D eigenvalue weighted by Crippen LogP contribution is -2.24. The van der Waals surface area contributed by atoms with Crippen molar-refractivity contribution in [2.75, 3.05) is 0 Å². The zero-order chi connectivity index (χ0) is 14.2. The Bertz CT molecular complexity index is 599. The molecule has 0 aliphatic heterocycles. The van der Waals surface area contributed by atoms with Crippen LogP contribution in [0.3, 0.4) is 0 Å². The Hall–Kier alpha value is -2.40. The minimum Gasteiger partial charge on any atom is -0.457 e. The maximum atomic E-state index is 5.76. The third-order valence-corrected chi connectivity index (χ3v) is 2.56. The molecule has 102 valence electrons. The first-order chi connectivity index (χ1) is 9.74. The molecule has 5 heteroatoms. The van der Waals surface area contributed by atoms with E-state index in [4.69, 9.17) is 10.5 Å². The Morgan fingerprint density at radius 1 is 1.15 bits per heavy atom. The molecule has 0 atom stereocenters. The number of ether oxygens (including phenoxy) is 1. The minimum absolute atomic E-state index is 0.155. The van der Waals surface area contributed by atoms with Crippen LogP contribution in [-0.4, -0.2) is 11.3 Å². The Morgan fingerprint density at radius 3 is 2.65 bits per heavy atom.